The SMILES string of the molecule is Cc1ccc(CNC(=O)C(C)N2C(=O)c3ccccc3C2c2c(-c3ccccc3)[nH]c3ccccc23)o1. The molecule has 0 saturated carbocycles. The second kappa shape index (κ2) is 9.13. The molecule has 2 aromatic heterocycles. The summed E-state index contributed by atoms with van der Waals surface area (Å²) in [5.41, 5.74) is 5.46. The van der Waals surface area contributed by atoms with Gasteiger partial charge < -0.3 is 19.6 Å². The molecule has 3 heterocycles. The van der Waals surface area contributed by atoms with E-state index in [0.717, 1.165) is 39.0 Å². The molecule has 2 atom stereocenters. The maximum atomic E-state index is 13.8. The third-order valence-electron chi connectivity index (χ3n) is 7.11. The first-order valence-corrected chi connectivity index (χ1v) is 12.4. The summed E-state index contributed by atoms with van der Waals surface area (Å²) in [6, 6.07) is 28.4. The Morgan fingerprint density at radius 3 is 2.49 bits per heavy atom. The Morgan fingerprint density at radius 2 is 1.70 bits per heavy atom. The molecule has 0 saturated heterocycles. The number of benzene rings is 3. The van der Waals surface area contributed by atoms with E-state index in [1.54, 1.807) is 11.8 Å². The first kappa shape index (κ1) is 22.9. The fraction of sp³-hybridized carbons (Fsp3) is 0.161. The van der Waals surface area contributed by atoms with Gasteiger partial charge in [0.05, 0.1) is 18.3 Å². The summed E-state index contributed by atoms with van der Waals surface area (Å²) in [6.45, 7) is 3.92. The number of fused-ring (bicyclic) bond motifs is 2. The number of furan rings is 1. The van der Waals surface area contributed by atoms with E-state index in [4.69, 9.17) is 4.42 Å². The first-order chi connectivity index (χ1) is 18.0. The van der Waals surface area contributed by atoms with Crippen LogP contribution in [0.15, 0.2) is 95.4 Å². The minimum Gasteiger partial charge on any atom is -0.465 e. The third-order valence-corrected chi connectivity index (χ3v) is 7.11. The molecule has 184 valence electrons. The van der Waals surface area contributed by atoms with Crippen LogP contribution in [0.3, 0.4) is 0 Å². The molecule has 1 aliphatic rings. The van der Waals surface area contributed by atoms with Crippen molar-refractivity contribution in [3.05, 3.63) is 119 Å². The zero-order valence-corrected chi connectivity index (χ0v) is 20.7. The number of nitrogens with zero attached hydrogens (tertiary/aromatic N) is 1. The van der Waals surface area contributed by atoms with Gasteiger partial charge in [0, 0.05) is 22.0 Å². The van der Waals surface area contributed by atoms with Crippen LogP contribution in [0.5, 0.6) is 0 Å². The van der Waals surface area contributed by atoms with E-state index < -0.39 is 12.1 Å². The van der Waals surface area contributed by atoms with Crippen molar-refractivity contribution in [1.29, 1.82) is 0 Å². The van der Waals surface area contributed by atoms with Gasteiger partial charge in [-0.3, -0.25) is 9.59 Å². The number of carbonyl (C=O) groups excluding carboxylic acids is 2. The molecular formula is C31H27N3O3. The molecule has 0 aliphatic carbocycles. The first-order valence-electron chi connectivity index (χ1n) is 12.4. The van der Waals surface area contributed by atoms with E-state index in [9.17, 15) is 9.59 Å². The van der Waals surface area contributed by atoms with Gasteiger partial charge in [-0.05, 0) is 49.2 Å². The van der Waals surface area contributed by atoms with Crippen LogP contribution in [0.4, 0.5) is 0 Å². The largest absolute Gasteiger partial charge is 0.465 e. The van der Waals surface area contributed by atoms with E-state index in [0.29, 0.717) is 11.3 Å². The number of amides is 2. The van der Waals surface area contributed by atoms with Gasteiger partial charge in [-0.15, -0.1) is 0 Å². The fourth-order valence-corrected chi connectivity index (χ4v) is 5.34. The quantitative estimate of drug-likeness (QED) is 0.308. The molecule has 2 amide bonds. The van der Waals surface area contributed by atoms with Crippen molar-refractivity contribution < 1.29 is 14.0 Å². The summed E-state index contributed by atoms with van der Waals surface area (Å²) >= 11 is 0. The van der Waals surface area contributed by atoms with E-state index >= 15 is 0 Å². The Labute approximate surface area is 214 Å². The smallest absolute Gasteiger partial charge is 0.255 e. The zero-order chi connectivity index (χ0) is 25.5. The average molecular weight is 490 g/mol. The molecular weight excluding hydrogens is 462 g/mol. The molecule has 3 aromatic carbocycles. The zero-order valence-electron chi connectivity index (χ0n) is 20.7. The number of aromatic amines is 1. The Kier molecular flexibility index (Phi) is 5.64. The summed E-state index contributed by atoms with van der Waals surface area (Å²) < 4.78 is 5.60. The van der Waals surface area contributed by atoms with Gasteiger partial charge >= 0.3 is 0 Å². The van der Waals surface area contributed by atoms with Crippen molar-refractivity contribution in [2.24, 2.45) is 0 Å². The molecule has 6 heteroatoms. The van der Waals surface area contributed by atoms with E-state index in [2.05, 4.69) is 28.5 Å². The summed E-state index contributed by atoms with van der Waals surface area (Å²) in [5, 5.41) is 3.98. The third kappa shape index (κ3) is 3.91. The van der Waals surface area contributed by atoms with Gasteiger partial charge in [-0.25, -0.2) is 0 Å². The molecule has 0 bridgehead atoms. The van der Waals surface area contributed by atoms with Crippen molar-refractivity contribution in [2.75, 3.05) is 0 Å². The molecule has 5 aromatic rings. The number of carbonyl (C=O) groups is 2. The average Bonchev–Trinajstić information content (AvgIpc) is 3.61. The highest BCUT2D eigenvalue weighted by molar-refractivity contribution is 6.04. The van der Waals surface area contributed by atoms with Crippen LogP contribution in [0.25, 0.3) is 22.2 Å². The number of para-hydroxylation sites is 1. The van der Waals surface area contributed by atoms with Gasteiger partial charge in [-0.2, -0.15) is 0 Å². The standard InChI is InChI=1S/C31H27N3O3/c1-19-16-17-22(37-19)18-32-30(35)20(2)34-29(23-12-6-7-13-24(23)31(34)36)27-25-14-8-9-15-26(25)33-28(27)21-10-4-3-5-11-21/h3-17,20,29,33H,18H2,1-2H3,(H,32,35). The molecule has 6 rings (SSSR count). The van der Waals surface area contributed by atoms with Crippen LogP contribution in [0.2, 0.25) is 0 Å². The van der Waals surface area contributed by atoms with Gasteiger partial charge in [0.2, 0.25) is 5.91 Å². The van der Waals surface area contributed by atoms with E-state index in [-0.39, 0.29) is 18.4 Å². The maximum absolute atomic E-state index is 13.8. The van der Waals surface area contributed by atoms with Crippen LogP contribution in [-0.2, 0) is 11.3 Å². The van der Waals surface area contributed by atoms with Gasteiger partial charge in [0.15, 0.2) is 0 Å². The number of H-pyrrole nitrogens is 1. The second-order valence-corrected chi connectivity index (χ2v) is 9.43. The lowest BCUT2D eigenvalue weighted by Gasteiger charge is -2.31. The highest BCUT2D eigenvalue weighted by atomic mass is 16.3. The van der Waals surface area contributed by atoms with Gasteiger partial charge in [0.25, 0.3) is 5.91 Å². The minimum atomic E-state index is -0.710. The highest BCUT2D eigenvalue weighted by Crippen LogP contribution is 2.46. The minimum absolute atomic E-state index is 0.151. The molecule has 2 N–H and O–H groups in total. The molecule has 0 spiro atoms. The van der Waals surface area contributed by atoms with Gasteiger partial charge in [-0.1, -0.05) is 66.7 Å². The topological polar surface area (TPSA) is 78.3 Å². The monoisotopic (exact) mass is 489 g/mol. The summed E-state index contributed by atoms with van der Waals surface area (Å²) in [4.78, 5) is 32.5. The van der Waals surface area contributed by atoms with Crippen LogP contribution >= 0.6 is 0 Å². The number of aromatic nitrogens is 1. The van der Waals surface area contributed by atoms with Crippen molar-refractivity contribution in [2.45, 2.75) is 32.5 Å². The molecule has 0 fully saturated rings. The molecule has 6 nitrogen and oxygen atoms in total. The number of hydrogen-bond donors (Lipinski definition) is 2. The van der Waals surface area contributed by atoms with Crippen LogP contribution < -0.4 is 5.32 Å². The molecule has 37 heavy (non-hydrogen) atoms. The number of hydrogen-bond acceptors (Lipinski definition) is 3. The Balaban J connectivity index is 1.46. The van der Waals surface area contributed by atoms with Crippen molar-refractivity contribution in [3.8, 4) is 11.3 Å². The van der Waals surface area contributed by atoms with E-state index in [1.807, 2.05) is 79.7 Å². The van der Waals surface area contributed by atoms with Crippen LogP contribution in [0.1, 0.15) is 46.0 Å². The molecule has 1 aliphatic heterocycles. The Bertz CT molecular complexity index is 1620. The van der Waals surface area contributed by atoms with Crippen LogP contribution in [0, 0.1) is 6.92 Å². The lowest BCUT2D eigenvalue weighted by Crippen LogP contribution is -2.46. The van der Waals surface area contributed by atoms with Crippen molar-refractivity contribution in [3.63, 3.8) is 0 Å². The normalized spacial score (nSPS) is 15.7. The summed E-state index contributed by atoms with van der Waals surface area (Å²) in [6.07, 6.45) is 0. The van der Waals surface area contributed by atoms with Crippen molar-refractivity contribution in [1.82, 2.24) is 15.2 Å². The Morgan fingerprint density at radius 1 is 0.973 bits per heavy atom. The summed E-state index contributed by atoms with van der Waals surface area (Å²) in [7, 11) is 0. The predicted octanol–water partition coefficient (Wildman–Crippen LogP) is 5.99. The highest BCUT2D eigenvalue weighted by Gasteiger charge is 2.44. The Hall–Kier alpha value is -4.58. The predicted molar refractivity (Wildman–Crippen MR) is 143 cm³/mol. The number of nitrogens with one attached hydrogen (secondary N) is 2. The summed E-state index contributed by atoms with van der Waals surface area (Å²) in [5.74, 6) is 1.08. The van der Waals surface area contributed by atoms with E-state index in [1.165, 1.54) is 0 Å². The van der Waals surface area contributed by atoms with Crippen LogP contribution in [-0.4, -0.2) is 27.7 Å². The lowest BCUT2D eigenvalue weighted by atomic mass is 9.92. The molecule has 0 radical (unpaired) electrons. The maximum Gasteiger partial charge on any atom is 0.255 e. The second-order valence-electron chi connectivity index (χ2n) is 9.43. The fourth-order valence-electron chi connectivity index (χ4n) is 5.34. The molecule has 2 unspecified atom stereocenters. The van der Waals surface area contributed by atoms with Gasteiger partial charge in [0.1, 0.15) is 17.6 Å². The number of aryl methyl sites for hydroxylation is 1. The lowest BCUT2D eigenvalue weighted by molar-refractivity contribution is -0.125. The number of rotatable bonds is 6. The van der Waals surface area contributed by atoms with Crippen molar-refractivity contribution >= 4 is 22.7 Å².